The predicted molar refractivity (Wildman–Crippen MR) is 118 cm³/mol. The molecule has 9 heteroatoms. The highest BCUT2D eigenvalue weighted by molar-refractivity contribution is 9.10. The third-order valence-electron chi connectivity index (χ3n) is 5.75. The number of imide groups is 1. The molecule has 0 saturated carbocycles. The number of para-hydroxylation sites is 1. The van der Waals surface area contributed by atoms with Gasteiger partial charge in [0.25, 0.3) is 5.91 Å². The molecule has 2 heterocycles. The van der Waals surface area contributed by atoms with Crippen molar-refractivity contribution in [2.24, 2.45) is 5.92 Å². The van der Waals surface area contributed by atoms with E-state index >= 15 is 0 Å². The Hall–Kier alpha value is -3.17. The summed E-state index contributed by atoms with van der Waals surface area (Å²) in [4.78, 5) is 33.5. The van der Waals surface area contributed by atoms with Crippen LogP contribution >= 0.6 is 15.9 Å². The molecule has 0 radical (unpaired) electrons. The van der Waals surface area contributed by atoms with Crippen LogP contribution in [-0.2, 0) is 20.6 Å². The number of carbonyl (C=O) groups is 2. The molecule has 3 aromatic carbocycles. The van der Waals surface area contributed by atoms with E-state index in [1.165, 1.54) is 17.2 Å². The first-order chi connectivity index (χ1) is 15.8. The van der Waals surface area contributed by atoms with Crippen molar-refractivity contribution in [2.75, 3.05) is 9.96 Å². The maximum Gasteiger partial charge on any atom is 0.416 e. The molecule has 0 aliphatic carbocycles. The summed E-state index contributed by atoms with van der Waals surface area (Å²) >= 11 is 3.43. The molecular weight excluding hydrogens is 501 g/mol. The lowest BCUT2D eigenvalue weighted by Crippen LogP contribution is -2.37. The lowest BCUT2D eigenvalue weighted by Gasteiger charge is -2.29. The van der Waals surface area contributed by atoms with Gasteiger partial charge in [-0.2, -0.15) is 13.2 Å². The topological polar surface area (TPSA) is 49.9 Å². The van der Waals surface area contributed by atoms with Gasteiger partial charge in [0, 0.05) is 4.47 Å². The Morgan fingerprint density at radius 3 is 2.21 bits per heavy atom. The Kier molecular flexibility index (Phi) is 5.25. The molecule has 0 N–H and O–H groups in total. The van der Waals surface area contributed by atoms with Crippen molar-refractivity contribution in [3.8, 4) is 0 Å². The van der Waals surface area contributed by atoms with E-state index in [4.69, 9.17) is 4.84 Å². The Bertz CT molecular complexity index is 1230. The van der Waals surface area contributed by atoms with Crippen LogP contribution in [0.1, 0.15) is 17.2 Å². The first-order valence-electron chi connectivity index (χ1n) is 10.1. The molecular formula is C24H16BrF3N2O3. The summed E-state index contributed by atoms with van der Waals surface area (Å²) in [6.45, 7) is 0. The van der Waals surface area contributed by atoms with Crippen LogP contribution in [0, 0.1) is 5.92 Å². The average molecular weight is 517 g/mol. The van der Waals surface area contributed by atoms with Gasteiger partial charge in [0.2, 0.25) is 5.91 Å². The summed E-state index contributed by atoms with van der Waals surface area (Å²) in [5.41, 5.74) is 0.320. The number of rotatable bonds is 3. The second-order valence-electron chi connectivity index (χ2n) is 7.77. The Morgan fingerprint density at radius 2 is 1.52 bits per heavy atom. The van der Waals surface area contributed by atoms with E-state index in [2.05, 4.69) is 15.9 Å². The molecule has 3 atom stereocenters. The van der Waals surface area contributed by atoms with Gasteiger partial charge in [0.05, 0.1) is 23.0 Å². The van der Waals surface area contributed by atoms with Gasteiger partial charge in [0.1, 0.15) is 5.92 Å². The van der Waals surface area contributed by atoms with E-state index in [0.29, 0.717) is 5.69 Å². The second kappa shape index (κ2) is 8.00. The molecule has 5 rings (SSSR count). The summed E-state index contributed by atoms with van der Waals surface area (Å²) < 4.78 is 40.4. The second-order valence-corrected chi connectivity index (χ2v) is 8.69. The fourth-order valence-corrected chi connectivity index (χ4v) is 4.74. The minimum absolute atomic E-state index is 0.128. The molecule has 0 unspecified atom stereocenters. The molecule has 0 aromatic heterocycles. The monoisotopic (exact) mass is 516 g/mol. The molecule has 168 valence electrons. The Balaban J connectivity index is 1.58. The number of anilines is 2. The van der Waals surface area contributed by atoms with Crippen LogP contribution in [0.4, 0.5) is 24.5 Å². The number of carbonyl (C=O) groups excluding carboxylic acids is 2. The van der Waals surface area contributed by atoms with Gasteiger partial charge < -0.3 is 0 Å². The summed E-state index contributed by atoms with van der Waals surface area (Å²) in [5.74, 6) is -2.22. The van der Waals surface area contributed by atoms with Gasteiger partial charge in [-0.15, -0.1) is 0 Å². The van der Waals surface area contributed by atoms with E-state index < -0.39 is 41.6 Å². The SMILES string of the molecule is O=C1[C@@H]2[C@@H](c3cccc(Br)c3)N(c3ccccc3)O[C@H]2C(=O)N1c1cccc(C(F)(F)F)c1. The van der Waals surface area contributed by atoms with E-state index in [9.17, 15) is 22.8 Å². The highest BCUT2D eigenvalue weighted by Crippen LogP contribution is 2.48. The lowest BCUT2D eigenvalue weighted by molar-refractivity contribution is -0.137. The van der Waals surface area contributed by atoms with Crippen LogP contribution in [0.3, 0.4) is 0 Å². The third-order valence-corrected chi connectivity index (χ3v) is 6.24. The molecule has 2 amide bonds. The van der Waals surface area contributed by atoms with E-state index in [-0.39, 0.29) is 5.69 Å². The van der Waals surface area contributed by atoms with E-state index in [1.807, 2.05) is 42.5 Å². The first kappa shape index (κ1) is 21.7. The molecule has 0 bridgehead atoms. The normalized spacial score (nSPS) is 22.7. The zero-order valence-corrected chi connectivity index (χ0v) is 18.5. The van der Waals surface area contributed by atoms with Crippen molar-refractivity contribution in [2.45, 2.75) is 18.3 Å². The molecule has 2 saturated heterocycles. The number of benzene rings is 3. The first-order valence-corrected chi connectivity index (χ1v) is 10.9. The fraction of sp³-hybridized carbons (Fsp3) is 0.167. The minimum Gasteiger partial charge on any atom is -0.273 e. The van der Waals surface area contributed by atoms with E-state index in [0.717, 1.165) is 27.1 Å². The summed E-state index contributed by atoms with van der Waals surface area (Å²) in [5, 5.41) is 1.54. The number of amides is 2. The largest absolute Gasteiger partial charge is 0.416 e. The number of hydrogen-bond acceptors (Lipinski definition) is 4. The molecule has 2 aliphatic heterocycles. The summed E-state index contributed by atoms with van der Waals surface area (Å²) in [6, 6.07) is 19.9. The number of hydroxylamine groups is 1. The van der Waals surface area contributed by atoms with Crippen molar-refractivity contribution in [3.63, 3.8) is 0 Å². The molecule has 0 spiro atoms. The van der Waals surface area contributed by atoms with Gasteiger partial charge >= 0.3 is 6.18 Å². The zero-order valence-electron chi connectivity index (χ0n) is 16.9. The van der Waals surface area contributed by atoms with Gasteiger partial charge in [0.15, 0.2) is 6.10 Å². The highest BCUT2D eigenvalue weighted by Gasteiger charge is 2.60. The fourth-order valence-electron chi connectivity index (χ4n) is 4.32. The number of halogens is 4. The lowest BCUT2D eigenvalue weighted by atomic mass is 9.90. The number of fused-ring (bicyclic) bond motifs is 1. The molecule has 2 fully saturated rings. The number of alkyl halides is 3. The highest BCUT2D eigenvalue weighted by atomic mass is 79.9. The standard InChI is InChI=1S/C24H16BrF3N2O3/c25-16-8-4-6-14(12-16)20-19-21(33-30(20)17-9-2-1-3-10-17)23(32)29(22(19)31)18-11-5-7-15(13-18)24(26,27)28/h1-13,19-21H/t19-,20-,21-/m1/s1. The van der Waals surface area contributed by atoms with Gasteiger partial charge in [-0.1, -0.05) is 52.3 Å². The predicted octanol–water partition coefficient (Wildman–Crippen LogP) is 5.52. The summed E-state index contributed by atoms with van der Waals surface area (Å²) in [7, 11) is 0. The van der Waals surface area contributed by atoms with Crippen molar-refractivity contribution in [1.29, 1.82) is 0 Å². The molecule has 2 aliphatic rings. The van der Waals surface area contributed by atoms with Crippen LogP contribution in [0.25, 0.3) is 0 Å². The van der Waals surface area contributed by atoms with Crippen molar-refractivity contribution >= 4 is 39.1 Å². The van der Waals surface area contributed by atoms with Crippen LogP contribution in [0.15, 0.2) is 83.3 Å². The average Bonchev–Trinajstić information content (AvgIpc) is 3.30. The zero-order chi connectivity index (χ0) is 23.3. The maximum atomic E-state index is 13.5. The van der Waals surface area contributed by atoms with Crippen LogP contribution < -0.4 is 9.96 Å². The Labute approximate surface area is 195 Å². The van der Waals surface area contributed by atoms with Crippen LogP contribution in [0.5, 0.6) is 0 Å². The van der Waals surface area contributed by atoms with Crippen molar-refractivity contribution < 1.29 is 27.6 Å². The van der Waals surface area contributed by atoms with Gasteiger partial charge in [-0.25, -0.2) is 9.96 Å². The van der Waals surface area contributed by atoms with Gasteiger partial charge in [-0.05, 0) is 48.0 Å². The molecule has 33 heavy (non-hydrogen) atoms. The van der Waals surface area contributed by atoms with Crippen molar-refractivity contribution in [3.05, 3.63) is 94.5 Å². The smallest absolute Gasteiger partial charge is 0.273 e. The maximum absolute atomic E-state index is 13.5. The summed E-state index contributed by atoms with van der Waals surface area (Å²) in [6.07, 6.45) is -5.76. The molecule has 3 aromatic rings. The van der Waals surface area contributed by atoms with E-state index in [1.54, 1.807) is 12.1 Å². The Morgan fingerprint density at radius 1 is 0.818 bits per heavy atom. The minimum atomic E-state index is -4.60. The molecule has 5 nitrogen and oxygen atoms in total. The van der Waals surface area contributed by atoms with Crippen LogP contribution in [0.2, 0.25) is 0 Å². The third kappa shape index (κ3) is 3.71. The van der Waals surface area contributed by atoms with Crippen molar-refractivity contribution in [1.82, 2.24) is 0 Å². The van der Waals surface area contributed by atoms with Crippen LogP contribution in [-0.4, -0.2) is 17.9 Å². The van der Waals surface area contributed by atoms with Gasteiger partial charge in [-0.3, -0.25) is 14.4 Å². The number of nitrogens with zero attached hydrogens (tertiary/aromatic N) is 2. The number of hydrogen-bond donors (Lipinski definition) is 0. The quantitative estimate of drug-likeness (QED) is 0.430.